The van der Waals surface area contributed by atoms with Crippen LogP contribution in [0.5, 0.6) is 5.75 Å². The van der Waals surface area contributed by atoms with Gasteiger partial charge in [-0.15, -0.1) is 0 Å². The van der Waals surface area contributed by atoms with E-state index in [1.54, 1.807) is 6.07 Å². The zero-order valence-electron chi connectivity index (χ0n) is 15.6. The molecule has 3 nitrogen and oxygen atoms in total. The maximum absolute atomic E-state index is 10.5. The number of rotatable bonds is 2. The van der Waals surface area contributed by atoms with Gasteiger partial charge in [0.15, 0.2) is 0 Å². The van der Waals surface area contributed by atoms with Crippen molar-refractivity contribution in [1.29, 1.82) is 0 Å². The van der Waals surface area contributed by atoms with Crippen LogP contribution in [0.3, 0.4) is 0 Å². The third kappa shape index (κ3) is 2.68. The number of hydrogen-bond donors (Lipinski definition) is 1. The van der Waals surface area contributed by atoms with Crippen molar-refractivity contribution in [2.75, 3.05) is 0 Å². The average Bonchev–Trinajstić information content (AvgIpc) is 2.97. The zero-order chi connectivity index (χ0) is 19.3. The van der Waals surface area contributed by atoms with Crippen LogP contribution in [0.25, 0.3) is 33.8 Å². The molecule has 1 N–H and O–H groups in total. The molecule has 5 rings (SSSR count). The maximum atomic E-state index is 10.5. The molecular weight excluding hydrogens is 533 g/mol. The van der Waals surface area contributed by atoms with E-state index in [0.717, 1.165) is 33.8 Å². The minimum absolute atomic E-state index is 0.0186. The van der Waals surface area contributed by atoms with Gasteiger partial charge in [0.25, 0.3) is 0 Å². The second-order valence-corrected chi connectivity index (χ2v) is 12.9. The van der Waals surface area contributed by atoms with E-state index in [0.29, 0.717) is 31.9 Å². The fraction of sp³-hybridized carbons (Fsp3) is 0.0833. The molecule has 0 bridgehead atoms. The normalized spacial score (nSPS) is 17.2. The number of aromatic hydroxyl groups is 1. The monoisotopic (exact) mass is 551 g/mol. The first kappa shape index (κ1) is 17.6. The van der Waals surface area contributed by atoms with Crippen LogP contribution in [0.2, 0.25) is 0 Å². The van der Waals surface area contributed by atoms with Crippen molar-refractivity contribution in [3.05, 3.63) is 90.1 Å². The standard InChI is InChI=1S/C24H17N2O.Hg/c1-15-18-8-5-10-22(27)23(18)24-19(15)11-12-21(26-24)17-7-4-6-16(14-17)20-9-2-3-13-25-20;/h2-14,27H,1H3;. The minimum atomic E-state index is 0.0186. The number of benzene rings is 2. The van der Waals surface area contributed by atoms with E-state index < -0.39 is 0 Å². The van der Waals surface area contributed by atoms with E-state index in [1.807, 2.05) is 36.5 Å². The number of hydrogen-bond acceptors (Lipinski definition) is 3. The number of phenols is 1. The van der Waals surface area contributed by atoms with E-state index >= 15 is 0 Å². The Morgan fingerprint density at radius 2 is 1.61 bits per heavy atom. The molecule has 4 heteroatoms. The molecule has 1 atom stereocenters. The molecule has 0 saturated heterocycles. The van der Waals surface area contributed by atoms with Crippen molar-refractivity contribution in [1.82, 2.24) is 9.97 Å². The molecule has 1 aliphatic carbocycles. The number of nitrogens with zero attached hydrogens (tertiary/aromatic N) is 2. The summed E-state index contributed by atoms with van der Waals surface area (Å²) in [5.74, 6) is 0.319. The van der Waals surface area contributed by atoms with E-state index in [1.165, 1.54) is 11.1 Å². The van der Waals surface area contributed by atoms with Gasteiger partial charge in [0.2, 0.25) is 0 Å². The first-order valence-corrected chi connectivity index (χ1v) is 12.0. The molecule has 0 spiro atoms. The molecule has 0 radical (unpaired) electrons. The van der Waals surface area contributed by atoms with Gasteiger partial charge in [-0.25, -0.2) is 0 Å². The van der Waals surface area contributed by atoms with Crippen molar-refractivity contribution >= 4 is 0 Å². The number of fused-ring (bicyclic) bond motifs is 3. The molecule has 2 heterocycles. The molecule has 0 fully saturated rings. The van der Waals surface area contributed by atoms with Crippen molar-refractivity contribution in [3.63, 3.8) is 0 Å². The second kappa shape index (κ2) is 6.52. The van der Waals surface area contributed by atoms with Gasteiger partial charge < -0.3 is 0 Å². The van der Waals surface area contributed by atoms with Crippen LogP contribution >= 0.6 is 0 Å². The number of aromatic nitrogens is 2. The van der Waals surface area contributed by atoms with E-state index in [9.17, 15) is 5.11 Å². The SMILES string of the molecule is C[C]1([Hg])c2ccc(-c3cccc(-c4ccccn4)c3)nc2-c2c(O)cccc21. The molecule has 28 heavy (non-hydrogen) atoms. The summed E-state index contributed by atoms with van der Waals surface area (Å²) in [4.78, 5) is 9.46. The summed E-state index contributed by atoms with van der Waals surface area (Å²) >= 11 is 0.462. The van der Waals surface area contributed by atoms with Gasteiger partial charge in [-0.05, 0) is 0 Å². The Morgan fingerprint density at radius 1 is 0.821 bits per heavy atom. The molecule has 1 aliphatic rings. The summed E-state index contributed by atoms with van der Waals surface area (Å²) in [6, 6.07) is 24.4. The van der Waals surface area contributed by atoms with Crippen molar-refractivity contribution < 1.29 is 31.2 Å². The Labute approximate surface area is 180 Å². The first-order valence-electron chi connectivity index (χ1n) is 9.27. The summed E-state index contributed by atoms with van der Waals surface area (Å²) < 4.78 is 0.0186. The van der Waals surface area contributed by atoms with Crippen LogP contribution in [-0.2, 0) is 29.0 Å². The Kier molecular flexibility index (Phi) is 4.09. The summed E-state index contributed by atoms with van der Waals surface area (Å²) in [6.45, 7) is 2.27. The first-order chi connectivity index (χ1) is 13.6. The fourth-order valence-electron chi connectivity index (χ4n) is 4.02. The molecule has 0 amide bonds. The van der Waals surface area contributed by atoms with Gasteiger partial charge in [0.05, 0.1) is 0 Å². The molecule has 0 aliphatic heterocycles. The van der Waals surface area contributed by atoms with Gasteiger partial charge in [-0.1, -0.05) is 0 Å². The van der Waals surface area contributed by atoms with Gasteiger partial charge in [0.1, 0.15) is 0 Å². The molecule has 1 unspecified atom stereocenters. The van der Waals surface area contributed by atoms with Crippen molar-refractivity contribution in [2.24, 2.45) is 0 Å². The quantitative estimate of drug-likeness (QED) is 0.345. The predicted molar refractivity (Wildman–Crippen MR) is 106 cm³/mol. The summed E-state index contributed by atoms with van der Waals surface area (Å²) in [7, 11) is 0. The summed E-state index contributed by atoms with van der Waals surface area (Å²) in [6.07, 6.45) is 1.81. The zero-order valence-corrected chi connectivity index (χ0v) is 21.1. The number of pyridine rings is 2. The van der Waals surface area contributed by atoms with Gasteiger partial charge in [0, 0.05) is 0 Å². The van der Waals surface area contributed by atoms with Crippen LogP contribution in [0, 0.1) is 0 Å². The number of phenolic OH excluding ortho intramolecular Hbond substituents is 1. The van der Waals surface area contributed by atoms with Gasteiger partial charge in [-0.2, -0.15) is 0 Å². The Balaban J connectivity index is 1.66. The predicted octanol–water partition coefficient (Wildman–Crippen LogP) is 5.31. The van der Waals surface area contributed by atoms with Crippen LogP contribution < -0.4 is 0 Å². The summed E-state index contributed by atoms with van der Waals surface area (Å²) in [5, 5.41) is 10.5. The molecular formula is C24H17HgN2O. The Hall–Kier alpha value is -2.52. The van der Waals surface area contributed by atoms with Gasteiger partial charge in [-0.3, -0.25) is 0 Å². The Bertz CT molecular complexity index is 1200. The van der Waals surface area contributed by atoms with Crippen LogP contribution in [0.4, 0.5) is 0 Å². The fourth-order valence-corrected chi connectivity index (χ4v) is 6.28. The van der Waals surface area contributed by atoms with Crippen molar-refractivity contribution in [2.45, 2.75) is 9.85 Å². The van der Waals surface area contributed by atoms with E-state index in [4.69, 9.17) is 4.98 Å². The van der Waals surface area contributed by atoms with Crippen LogP contribution in [0.1, 0.15) is 18.1 Å². The van der Waals surface area contributed by atoms with Crippen LogP contribution in [0.15, 0.2) is 79.0 Å². The third-order valence-corrected chi connectivity index (χ3v) is 8.44. The van der Waals surface area contributed by atoms with E-state index in [-0.39, 0.29) is 2.92 Å². The van der Waals surface area contributed by atoms with E-state index in [2.05, 4.69) is 48.3 Å². The second-order valence-electron chi connectivity index (χ2n) is 7.42. The molecule has 0 saturated carbocycles. The topological polar surface area (TPSA) is 46.0 Å². The van der Waals surface area contributed by atoms with Crippen molar-refractivity contribution in [3.8, 4) is 39.5 Å². The third-order valence-electron chi connectivity index (χ3n) is 5.48. The molecule has 2 aromatic heterocycles. The van der Waals surface area contributed by atoms with Crippen LogP contribution in [-0.4, -0.2) is 15.1 Å². The average molecular weight is 550 g/mol. The molecule has 4 aromatic rings. The Morgan fingerprint density at radius 3 is 2.39 bits per heavy atom. The molecule has 131 valence electrons. The summed E-state index contributed by atoms with van der Waals surface area (Å²) in [5.41, 5.74) is 8.24. The van der Waals surface area contributed by atoms with Gasteiger partial charge >= 0.3 is 181 Å². The molecule has 2 aromatic carbocycles.